The molecule has 0 spiro atoms. The van der Waals surface area contributed by atoms with Crippen LogP contribution in [-0.2, 0) is 11.2 Å². The molecule has 0 N–H and O–H groups in total. The quantitative estimate of drug-likeness (QED) is 0.655. The number of ether oxygens (including phenoxy) is 2. The molecule has 1 heterocycles. The van der Waals surface area contributed by atoms with Crippen LogP contribution in [0.4, 0.5) is 0 Å². The van der Waals surface area contributed by atoms with Crippen LogP contribution in [0, 0.1) is 0 Å². The number of fused-ring (bicyclic) bond motifs is 1. The molecule has 1 unspecified atom stereocenters. The number of para-hydroxylation sites is 1. The van der Waals surface area contributed by atoms with Gasteiger partial charge in [0.15, 0.2) is 0 Å². The fraction of sp³-hybridized carbons (Fsp3) is 0.455. The number of hydrogen-bond donors (Lipinski definition) is 0. The van der Waals surface area contributed by atoms with Crippen LogP contribution in [0.5, 0.6) is 5.75 Å². The van der Waals surface area contributed by atoms with Crippen molar-refractivity contribution in [3.8, 4) is 5.75 Å². The smallest absolute Gasteiger partial charge is 0.122 e. The highest BCUT2D eigenvalue weighted by molar-refractivity contribution is 5.34. The molecule has 2 rings (SSSR count). The monoisotopic (exact) mass is 178 g/mol. The molecule has 70 valence electrons. The topological polar surface area (TPSA) is 18.5 Å². The van der Waals surface area contributed by atoms with Crippen LogP contribution >= 0.6 is 0 Å². The third-order valence-electron chi connectivity index (χ3n) is 2.47. The lowest BCUT2D eigenvalue weighted by Gasteiger charge is -2.11. The van der Waals surface area contributed by atoms with Gasteiger partial charge in [0, 0.05) is 7.11 Å². The Labute approximate surface area is 78.5 Å². The van der Waals surface area contributed by atoms with Gasteiger partial charge in [-0.25, -0.2) is 0 Å². The molecule has 2 heteroatoms. The van der Waals surface area contributed by atoms with Gasteiger partial charge in [-0.3, -0.25) is 0 Å². The van der Waals surface area contributed by atoms with Crippen LogP contribution in [0.15, 0.2) is 24.3 Å². The van der Waals surface area contributed by atoms with Crippen LogP contribution in [0.25, 0.3) is 0 Å². The van der Waals surface area contributed by atoms with E-state index in [1.165, 1.54) is 5.56 Å². The van der Waals surface area contributed by atoms with Gasteiger partial charge < -0.3 is 9.47 Å². The Balaban J connectivity index is 2.17. The van der Waals surface area contributed by atoms with Gasteiger partial charge in [0.2, 0.25) is 0 Å². The molecule has 1 aromatic carbocycles. The maximum Gasteiger partial charge on any atom is 0.122 e. The van der Waals surface area contributed by atoms with Gasteiger partial charge in [0.1, 0.15) is 12.4 Å². The van der Waals surface area contributed by atoms with Crippen molar-refractivity contribution in [1.82, 2.24) is 0 Å². The normalized spacial score (nSPS) is 21.5. The highest BCUT2D eigenvalue weighted by Crippen LogP contribution is 2.23. The van der Waals surface area contributed by atoms with Crippen molar-refractivity contribution in [3.05, 3.63) is 29.8 Å². The van der Waals surface area contributed by atoms with Crippen molar-refractivity contribution < 1.29 is 9.47 Å². The maximum absolute atomic E-state index is 5.63. The molecule has 1 aliphatic rings. The molecule has 0 aliphatic carbocycles. The summed E-state index contributed by atoms with van der Waals surface area (Å²) in [6.07, 6.45) is 2.34. The van der Waals surface area contributed by atoms with E-state index >= 15 is 0 Å². The molecule has 0 bridgehead atoms. The number of methoxy groups -OCH3 is 1. The molecule has 1 atom stereocenters. The standard InChI is InChI=1S/C11H14O2/c1-12-10-7-6-9-4-2-3-5-11(9)13-8-10/h2-5,10H,6-8H2,1H3. The van der Waals surface area contributed by atoms with Gasteiger partial charge in [-0.2, -0.15) is 0 Å². The van der Waals surface area contributed by atoms with Crippen LogP contribution in [-0.4, -0.2) is 19.8 Å². The van der Waals surface area contributed by atoms with E-state index in [-0.39, 0.29) is 6.10 Å². The molecular weight excluding hydrogens is 164 g/mol. The number of benzene rings is 1. The third kappa shape index (κ3) is 1.83. The van der Waals surface area contributed by atoms with Gasteiger partial charge in [-0.15, -0.1) is 0 Å². The second-order valence-corrected chi connectivity index (χ2v) is 3.32. The summed E-state index contributed by atoms with van der Waals surface area (Å²) in [5.41, 5.74) is 1.29. The van der Waals surface area contributed by atoms with Crippen LogP contribution < -0.4 is 4.74 Å². The highest BCUT2D eigenvalue weighted by atomic mass is 16.5. The molecule has 2 nitrogen and oxygen atoms in total. The summed E-state index contributed by atoms with van der Waals surface area (Å²) in [6, 6.07) is 8.20. The zero-order chi connectivity index (χ0) is 9.10. The third-order valence-corrected chi connectivity index (χ3v) is 2.47. The second-order valence-electron chi connectivity index (χ2n) is 3.32. The van der Waals surface area contributed by atoms with E-state index in [0.717, 1.165) is 18.6 Å². The van der Waals surface area contributed by atoms with Crippen molar-refractivity contribution in [2.24, 2.45) is 0 Å². The van der Waals surface area contributed by atoms with E-state index in [0.29, 0.717) is 6.61 Å². The Bertz CT molecular complexity index is 256. The van der Waals surface area contributed by atoms with E-state index in [1.54, 1.807) is 7.11 Å². The Kier molecular flexibility index (Phi) is 2.50. The minimum Gasteiger partial charge on any atom is -0.491 e. The van der Waals surface area contributed by atoms with Crippen LogP contribution in [0.2, 0.25) is 0 Å². The Morgan fingerprint density at radius 1 is 1.38 bits per heavy atom. The zero-order valence-corrected chi connectivity index (χ0v) is 7.82. The first-order chi connectivity index (χ1) is 6.40. The number of aryl methyl sites for hydroxylation is 1. The Hall–Kier alpha value is -1.02. The lowest BCUT2D eigenvalue weighted by molar-refractivity contribution is 0.0577. The summed E-state index contributed by atoms with van der Waals surface area (Å²) in [6.45, 7) is 0.674. The van der Waals surface area contributed by atoms with Gasteiger partial charge in [-0.05, 0) is 24.5 Å². The molecule has 1 aromatic rings. The summed E-state index contributed by atoms with van der Waals surface area (Å²) in [5, 5.41) is 0. The summed E-state index contributed by atoms with van der Waals surface area (Å²) in [5.74, 6) is 1.02. The molecule has 0 radical (unpaired) electrons. The van der Waals surface area contributed by atoms with E-state index in [2.05, 4.69) is 12.1 Å². The van der Waals surface area contributed by atoms with Crippen LogP contribution in [0.3, 0.4) is 0 Å². The fourth-order valence-electron chi connectivity index (χ4n) is 1.62. The van der Waals surface area contributed by atoms with Gasteiger partial charge in [0.25, 0.3) is 0 Å². The van der Waals surface area contributed by atoms with Gasteiger partial charge in [-0.1, -0.05) is 18.2 Å². The zero-order valence-electron chi connectivity index (χ0n) is 7.82. The average molecular weight is 178 g/mol. The number of hydrogen-bond acceptors (Lipinski definition) is 2. The van der Waals surface area contributed by atoms with E-state index in [4.69, 9.17) is 9.47 Å². The van der Waals surface area contributed by atoms with E-state index in [1.807, 2.05) is 12.1 Å². The molecule has 1 aliphatic heterocycles. The summed E-state index contributed by atoms with van der Waals surface area (Å²) >= 11 is 0. The molecular formula is C11H14O2. The predicted octanol–water partition coefficient (Wildman–Crippen LogP) is 2.03. The SMILES string of the molecule is COC1CCc2ccccc2OC1. The van der Waals surface area contributed by atoms with E-state index < -0.39 is 0 Å². The maximum atomic E-state index is 5.63. The first-order valence-electron chi connectivity index (χ1n) is 4.63. The van der Waals surface area contributed by atoms with Gasteiger partial charge in [0.05, 0.1) is 6.10 Å². The largest absolute Gasteiger partial charge is 0.491 e. The summed E-state index contributed by atoms with van der Waals surface area (Å²) < 4.78 is 10.9. The first kappa shape index (κ1) is 8.57. The van der Waals surface area contributed by atoms with E-state index in [9.17, 15) is 0 Å². The van der Waals surface area contributed by atoms with Crippen molar-refractivity contribution in [2.45, 2.75) is 18.9 Å². The molecule has 0 aromatic heterocycles. The van der Waals surface area contributed by atoms with Crippen molar-refractivity contribution in [1.29, 1.82) is 0 Å². The van der Waals surface area contributed by atoms with Gasteiger partial charge >= 0.3 is 0 Å². The Morgan fingerprint density at radius 3 is 3.08 bits per heavy atom. The van der Waals surface area contributed by atoms with Crippen molar-refractivity contribution >= 4 is 0 Å². The first-order valence-corrected chi connectivity index (χ1v) is 4.63. The minimum atomic E-state index is 0.243. The molecule has 0 saturated carbocycles. The minimum absolute atomic E-state index is 0.243. The lowest BCUT2D eigenvalue weighted by Crippen LogP contribution is -2.18. The molecule has 0 saturated heterocycles. The second kappa shape index (κ2) is 3.79. The molecule has 13 heavy (non-hydrogen) atoms. The Morgan fingerprint density at radius 2 is 2.23 bits per heavy atom. The summed E-state index contributed by atoms with van der Waals surface area (Å²) in [7, 11) is 1.74. The van der Waals surface area contributed by atoms with Crippen molar-refractivity contribution in [3.63, 3.8) is 0 Å². The fourth-order valence-corrected chi connectivity index (χ4v) is 1.62. The number of rotatable bonds is 1. The summed E-state index contributed by atoms with van der Waals surface area (Å²) in [4.78, 5) is 0. The lowest BCUT2D eigenvalue weighted by atomic mass is 10.1. The molecule has 0 amide bonds. The van der Waals surface area contributed by atoms with Crippen molar-refractivity contribution in [2.75, 3.05) is 13.7 Å². The molecule has 0 fully saturated rings. The average Bonchev–Trinajstić information content (AvgIpc) is 2.39. The highest BCUT2D eigenvalue weighted by Gasteiger charge is 2.15. The predicted molar refractivity (Wildman–Crippen MR) is 51.1 cm³/mol. The van der Waals surface area contributed by atoms with Crippen LogP contribution in [0.1, 0.15) is 12.0 Å².